The molecule has 3 nitrogen and oxygen atoms in total. The fraction of sp³-hybridized carbons (Fsp3) is 0.471. The minimum atomic E-state index is -0.688. The van der Waals surface area contributed by atoms with E-state index in [-0.39, 0.29) is 12.3 Å². The van der Waals surface area contributed by atoms with E-state index in [2.05, 4.69) is 36.7 Å². The first-order chi connectivity index (χ1) is 9.63. The zero-order valence-electron chi connectivity index (χ0n) is 12.1. The highest BCUT2D eigenvalue weighted by molar-refractivity contribution is 5.89. The quantitative estimate of drug-likeness (QED) is 0.926. The van der Waals surface area contributed by atoms with E-state index in [4.69, 9.17) is 5.11 Å². The number of hydrogen-bond acceptors (Lipinski definition) is 1. The van der Waals surface area contributed by atoms with Crippen LogP contribution in [0.5, 0.6) is 0 Å². The number of carboxylic acids is 1. The molecule has 0 saturated heterocycles. The van der Waals surface area contributed by atoms with Gasteiger partial charge in [-0.05, 0) is 42.7 Å². The largest absolute Gasteiger partial charge is 0.481 e. The van der Waals surface area contributed by atoms with Gasteiger partial charge in [0.25, 0.3) is 0 Å². The summed E-state index contributed by atoms with van der Waals surface area (Å²) in [5.41, 5.74) is 5.30. The molecule has 1 heterocycles. The highest BCUT2D eigenvalue weighted by atomic mass is 16.4. The van der Waals surface area contributed by atoms with E-state index in [1.165, 1.54) is 27.7 Å². The van der Waals surface area contributed by atoms with Crippen molar-refractivity contribution in [3.05, 3.63) is 35.0 Å². The van der Waals surface area contributed by atoms with Gasteiger partial charge < -0.3 is 9.67 Å². The highest BCUT2D eigenvalue weighted by Crippen LogP contribution is 2.41. The summed E-state index contributed by atoms with van der Waals surface area (Å²) in [7, 11) is 2.13. The Hall–Kier alpha value is -1.77. The van der Waals surface area contributed by atoms with Crippen LogP contribution in [0.15, 0.2) is 18.2 Å². The fourth-order valence-electron chi connectivity index (χ4n) is 3.79. The van der Waals surface area contributed by atoms with E-state index in [1.807, 2.05) is 0 Å². The molecule has 1 N–H and O–H groups in total. The molecule has 1 aromatic carbocycles. The topological polar surface area (TPSA) is 42.2 Å². The number of carboxylic acid groups (broad SMARTS) is 1. The molecule has 20 heavy (non-hydrogen) atoms. The molecule has 0 aliphatic heterocycles. The van der Waals surface area contributed by atoms with Crippen LogP contribution in [0.2, 0.25) is 0 Å². The average molecular weight is 271 g/mol. The molecule has 0 spiro atoms. The number of carbonyl (C=O) groups is 1. The number of aromatic nitrogens is 1. The van der Waals surface area contributed by atoms with Crippen LogP contribution in [0.1, 0.15) is 48.9 Å². The van der Waals surface area contributed by atoms with Crippen molar-refractivity contribution >= 4 is 16.9 Å². The third-order valence-electron chi connectivity index (χ3n) is 4.64. The van der Waals surface area contributed by atoms with Crippen LogP contribution in [0, 0.1) is 0 Å². The van der Waals surface area contributed by atoms with Crippen LogP contribution in [0.25, 0.3) is 10.9 Å². The van der Waals surface area contributed by atoms with Crippen LogP contribution in [0.4, 0.5) is 0 Å². The van der Waals surface area contributed by atoms with Gasteiger partial charge in [-0.3, -0.25) is 4.79 Å². The molecule has 1 aliphatic carbocycles. The van der Waals surface area contributed by atoms with E-state index in [9.17, 15) is 4.79 Å². The SMILES string of the molecule is CCc1cccc2c3c(n(C)c12)CCCC3CC(=O)O. The molecule has 0 saturated carbocycles. The van der Waals surface area contributed by atoms with Gasteiger partial charge in [0.1, 0.15) is 0 Å². The normalized spacial score (nSPS) is 18.2. The van der Waals surface area contributed by atoms with Crippen LogP contribution in [-0.2, 0) is 24.7 Å². The Morgan fingerprint density at radius 1 is 1.45 bits per heavy atom. The number of nitrogens with zero attached hydrogens (tertiary/aromatic N) is 1. The van der Waals surface area contributed by atoms with Gasteiger partial charge in [0.15, 0.2) is 0 Å². The molecule has 0 radical (unpaired) electrons. The molecular formula is C17H21NO2. The van der Waals surface area contributed by atoms with Gasteiger partial charge in [-0.1, -0.05) is 25.1 Å². The zero-order valence-corrected chi connectivity index (χ0v) is 12.1. The monoisotopic (exact) mass is 271 g/mol. The lowest BCUT2D eigenvalue weighted by molar-refractivity contribution is -0.137. The summed E-state index contributed by atoms with van der Waals surface area (Å²) in [6.07, 6.45) is 4.42. The second-order valence-electron chi connectivity index (χ2n) is 5.77. The minimum absolute atomic E-state index is 0.173. The van der Waals surface area contributed by atoms with Crippen molar-refractivity contribution in [3.8, 4) is 0 Å². The van der Waals surface area contributed by atoms with Crippen LogP contribution in [-0.4, -0.2) is 15.6 Å². The van der Waals surface area contributed by atoms with Crippen LogP contribution < -0.4 is 0 Å². The van der Waals surface area contributed by atoms with Gasteiger partial charge in [0, 0.05) is 18.1 Å². The third kappa shape index (κ3) is 1.92. The maximum atomic E-state index is 11.1. The van der Waals surface area contributed by atoms with E-state index in [0.717, 1.165) is 25.7 Å². The molecule has 1 aliphatic rings. The smallest absolute Gasteiger partial charge is 0.303 e. The Balaban J connectivity index is 2.25. The number of hydrogen-bond donors (Lipinski definition) is 1. The summed E-state index contributed by atoms with van der Waals surface area (Å²) in [6, 6.07) is 6.45. The number of para-hydroxylation sites is 1. The summed E-state index contributed by atoms with van der Waals surface area (Å²) >= 11 is 0. The lowest BCUT2D eigenvalue weighted by Crippen LogP contribution is -2.14. The Labute approximate surface area is 119 Å². The first kappa shape index (κ1) is 13.2. The number of aliphatic carboxylic acids is 1. The van der Waals surface area contributed by atoms with Crippen molar-refractivity contribution in [1.82, 2.24) is 4.57 Å². The van der Waals surface area contributed by atoms with E-state index < -0.39 is 5.97 Å². The Morgan fingerprint density at radius 2 is 2.25 bits per heavy atom. The number of fused-ring (bicyclic) bond motifs is 3. The van der Waals surface area contributed by atoms with Gasteiger partial charge in [-0.15, -0.1) is 0 Å². The molecule has 0 bridgehead atoms. The number of aryl methyl sites for hydroxylation is 2. The first-order valence-electron chi connectivity index (χ1n) is 7.44. The zero-order chi connectivity index (χ0) is 14.3. The maximum Gasteiger partial charge on any atom is 0.303 e. The van der Waals surface area contributed by atoms with Crippen molar-refractivity contribution in [3.63, 3.8) is 0 Å². The average Bonchev–Trinajstić information content (AvgIpc) is 2.73. The molecule has 3 rings (SSSR count). The lowest BCUT2D eigenvalue weighted by Gasteiger charge is -2.22. The summed E-state index contributed by atoms with van der Waals surface area (Å²) in [5.74, 6) is -0.515. The number of benzene rings is 1. The molecule has 1 aromatic heterocycles. The van der Waals surface area contributed by atoms with Gasteiger partial charge in [-0.25, -0.2) is 0 Å². The maximum absolute atomic E-state index is 11.1. The predicted octanol–water partition coefficient (Wildman–Crippen LogP) is 3.64. The standard InChI is InChI=1S/C17H21NO2/c1-3-11-6-4-8-13-16-12(10-15(19)20)7-5-9-14(16)18(2)17(11)13/h4,6,8,12H,3,5,7,9-10H2,1-2H3,(H,19,20). The first-order valence-corrected chi connectivity index (χ1v) is 7.44. The summed E-state index contributed by atoms with van der Waals surface area (Å²) in [4.78, 5) is 11.1. The molecule has 1 unspecified atom stereocenters. The fourth-order valence-corrected chi connectivity index (χ4v) is 3.79. The van der Waals surface area contributed by atoms with E-state index in [1.54, 1.807) is 0 Å². The lowest BCUT2D eigenvalue weighted by atomic mass is 9.83. The van der Waals surface area contributed by atoms with Crippen LogP contribution >= 0.6 is 0 Å². The molecule has 0 fully saturated rings. The summed E-state index contributed by atoms with van der Waals surface area (Å²) in [5, 5.41) is 10.4. The summed E-state index contributed by atoms with van der Waals surface area (Å²) < 4.78 is 2.30. The van der Waals surface area contributed by atoms with Crippen molar-refractivity contribution in [2.24, 2.45) is 7.05 Å². The minimum Gasteiger partial charge on any atom is -0.481 e. The Kier molecular flexibility index (Phi) is 3.28. The Morgan fingerprint density at radius 3 is 2.95 bits per heavy atom. The number of rotatable bonds is 3. The van der Waals surface area contributed by atoms with Crippen molar-refractivity contribution in [2.45, 2.75) is 44.9 Å². The van der Waals surface area contributed by atoms with Crippen molar-refractivity contribution in [1.29, 1.82) is 0 Å². The molecular weight excluding hydrogens is 250 g/mol. The van der Waals surface area contributed by atoms with Gasteiger partial charge >= 0.3 is 5.97 Å². The molecule has 3 heteroatoms. The second-order valence-corrected chi connectivity index (χ2v) is 5.77. The molecule has 0 amide bonds. The van der Waals surface area contributed by atoms with Crippen molar-refractivity contribution < 1.29 is 9.90 Å². The van der Waals surface area contributed by atoms with Crippen LogP contribution in [0.3, 0.4) is 0 Å². The predicted molar refractivity (Wildman–Crippen MR) is 80.2 cm³/mol. The summed E-state index contributed by atoms with van der Waals surface area (Å²) in [6.45, 7) is 2.18. The van der Waals surface area contributed by atoms with Gasteiger partial charge in [0.05, 0.1) is 11.9 Å². The van der Waals surface area contributed by atoms with Gasteiger partial charge in [0.2, 0.25) is 0 Å². The third-order valence-corrected chi connectivity index (χ3v) is 4.64. The molecule has 1 atom stereocenters. The Bertz CT molecular complexity index is 669. The second kappa shape index (κ2) is 4.97. The van der Waals surface area contributed by atoms with Gasteiger partial charge in [-0.2, -0.15) is 0 Å². The molecule has 106 valence electrons. The highest BCUT2D eigenvalue weighted by Gasteiger charge is 2.28. The van der Waals surface area contributed by atoms with E-state index >= 15 is 0 Å². The van der Waals surface area contributed by atoms with E-state index in [0.29, 0.717) is 0 Å². The molecule has 2 aromatic rings. The van der Waals surface area contributed by atoms with Crippen molar-refractivity contribution in [2.75, 3.05) is 0 Å².